The van der Waals surface area contributed by atoms with E-state index in [0.717, 1.165) is 5.56 Å². The standard InChI is InChI=1S/C10H7ClN2O3/c11-7-4-2-1-3-6(7)5-8-12-13-9(16-8)10(14)15/h1-4H,5H2,(H,14,15). The van der Waals surface area contributed by atoms with Crippen LogP contribution < -0.4 is 0 Å². The predicted molar refractivity (Wildman–Crippen MR) is 55.5 cm³/mol. The number of carboxylic acids is 1. The first-order valence-corrected chi connectivity index (χ1v) is 4.83. The molecule has 0 aliphatic heterocycles. The fourth-order valence-electron chi connectivity index (χ4n) is 1.22. The number of aromatic nitrogens is 2. The number of benzene rings is 1. The molecule has 0 aliphatic rings. The van der Waals surface area contributed by atoms with Crippen molar-refractivity contribution in [3.05, 3.63) is 46.6 Å². The lowest BCUT2D eigenvalue weighted by molar-refractivity contribution is 0.0651. The summed E-state index contributed by atoms with van der Waals surface area (Å²) in [5.74, 6) is -1.43. The quantitative estimate of drug-likeness (QED) is 0.885. The second-order valence-corrected chi connectivity index (χ2v) is 3.48. The van der Waals surface area contributed by atoms with Gasteiger partial charge in [-0.1, -0.05) is 29.8 Å². The lowest BCUT2D eigenvalue weighted by atomic mass is 10.1. The van der Waals surface area contributed by atoms with Crippen LogP contribution in [0.1, 0.15) is 22.1 Å². The molecule has 0 aliphatic carbocycles. The van der Waals surface area contributed by atoms with Crippen molar-refractivity contribution < 1.29 is 14.3 Å². The number of nitrogens with zero attached hydrogens (tertiary/aromatic N) is 2. The molecule has 0 atom stereocenters. The number of hydrogen-bond acceptors (Lipinski definition) is 4. The highest BCUT2D eigenvalue weighted by Crippen LogP contribution is 2.18. The summed E-state index contributed by atoms with van der Waals surface area (Å²) in [6, 6.07) is 7.19. The normalized spacial score (nSPS) is 10.3. The smallest absolute Gasteiger partial charge is 0.393 e. The first kappa shape index (κ1) is 10.6. The van der Waals surface area contributed by atoms with Gasteiger partial charge in [0.15, 0.2) is 0 Å². The molecule has 1 aromatic heterocycles. The van der Waals surface area contributed by atoms with Crippen molar-refractivity contribution in [2.45, 2.75) is 6.42 Å². The summed E-state index contributed by atoms with van der Waals surface area (Å²) < 4.78 is 4.92. The molecule has 6 heteroatoms. The summed E-state index contributed by atoms with van der Waals surface area (Å²) in [5.41, 5.74) is 0.810. The van der Waals surface area contributed by atoms with Gasteiger partial charge in [0.25, 0.3) is 0 Å². The van der Waals surface area contributed by atoms with Crippen molar-refractivity contribution in [1.82, 2.24) is 10.2 Å². The van der Waals surface area contributed by atoms with Crippen molar-refractivity contribution >= 4 is 17.6 Å². The Balaban J connectivity index is 2.21. The molecular weight excluding hydrogens is 232 g/mol. The largest absolute Gasteiger partial charge is 0.474 e. The van der Waals surface area contributed by atoms with Crippen molar-refractivity contribution in [2.75, 3.05) is 0 Å². The zero-order valence-electron chi connectivity index (χ0n) is 8.05. The number of rotatable bonds is 3. The summed E-state index contributed by atoms with van der Waals surface area (Å²) in [7, 11) is 0. The minimum Gasteiger partial charge on any atom is -0.474 e. The van der Waals surface area contributed by atoms with Crippen LogP contribution in [0.3, 0.4) is 0 Å². The highest BCUT2D eigenvalue weighted by atomic mass is 35.5. The molecule has 5 nitrogen and oxygen atoms in total. The van der Waals surface area contributed by atoms with Crippen molar-refractivity contribution in [3.63, 3.8) is 0 Å². The number of halogens is 1. The van der Waals surface area contributed by atoms with E-state index < -0.39 is 11.9 Å². The average Bonchev–Trinajstić information content (AvgIpc) is 2.70. The lowest BCUT2D eigenvalue weighted by Crippen LogP contribution is -1.95. The van der Waals surface area contributed by atoms with Crippen LogP contribution in [0.15, 0.2) is 28.7 Å². The second kappa shape index (κ2) is 4.32. The number of carbonyl (C=O) groups is 1. The molecule has 1 N–H and O–H groups in total. The van der Waals surface area contributed by atoms with E-state index in [2.05, 4.69) is 10.2 Å². The average molecular weight is 239 g/mol. The first-order chi connectivity index (χ1) is 7.66. The molecule has 1 aromatic carbocycles. The third-order valence-corrected chi connectivity index (χ3v) is 2.32. The summed E-state index contributed by atoms with van der Waals surface area (Å²) >= 11 is 5.94. The van der Waals surface area contributed by atoms with E-state index in [4.69, 9.17) is 21.1 Å². The van der Waals surface area contributed by atoms with Crippen molar-refractivity contribution in [3.8, 4) is 0 Å². The van der Waals surface area contributed by atoms with Gasteiger partial charge in [-0.25, -0.2) is 4.79 Å². The third kappa shape index (κ3) is 2.20. The Kier molecular flexibility index (Phi) is 2.87. The molecule has 0 saturated heterocycles. The maximum Gasteiger partial charge on any atom is 0.393 e. The van der Waals surface area contributed by atoms with E-state index >= 15 is 0 Å². The van der Waals surface area contributed by atoms with Gasteiger partial charge in [-0.05, 0) is 11.6 Å². The van der Waals surface area contributed by atoms with Crippen LogP contribution in [0.4, 0.5) is 0 Å². The van der Waals surface area contributed by atoms with Gasteiger partial charge in [0.1, 0.15) is 0 Å². The highest BCUT2D eigenvalue weighted by Gasteiger charge is 2.13. The molecule has 16 heavy (non-hydrogen) atoms. The minimum atomic E-state index is -1.24. The van der Waals surface area contributed by atoms with Gasteiger partial charge in [-0.15, -0.1) is 10.2 Å². The van der Waals surface area contributed by atoms with Gasteiger partial charge in [-0.2, -0.15) is 0 Å². The van der Waals surface area contributed by atoms with E-state index in [9.17, 15) is 4.79 Å². The van der Waals surface area contributed by atoms with Crippen LogP contribution in [0.2, 0.25) is 5.02 Å². The summed E-state index contributed by atoms with van der Waals surface area (Å²) in [6.45, 7) is 0. The summed E-state index contributed by atoms with van der Waals surface area (Å²) in [6.07, 6.45) is 0.319. The SMILES string of the molecule is O=C(O)c1nnc(Cc2ccccc2Cl)o1. The van der Waals surface area contributed by atoms with Gasteiger partial charge < -0.3 is 9.52 Å². The van der Waals surface area contributed by atoms with Crippen LogP contribution in [-0.4, -0.2) is 21.3 Å². The molecule has 0 spiro atoms. The second-order valence-electron chi connectivity index (χ2n) is 3.07. The molecule has 0 unspecified atom stereocenters. The Morgan fingerprint density at radius 3 is 2.75 bits per heavy atom. The molecule has 0 amide bonds. The molecule has 0 radical (unpaired) electrons. The van der Waals surface area contributed by atoms with Gasteiger partial charge in [0.2, 0.25) is 5.89 Å². The van der Waals surface area contributed by atoms with Gasteiger partial charge >= 0.3 is 11.9 Å². The van der Waals surface area contributed by atoms with E-state index in [1.165, 1.54) is 0 Å². The predicted octanol–water partition coefficient (Wildman–Crippen LogP) is 2.01. The molecule has 2 aromatic rings. The van der Waals surface area contributed by atoms with E-state index in [1.807, 2.05) is 18.2 Å². The Morgan fingerprint density at radius 2 is 2.12 bits per heavy atom. The zero-order valence-corrected chi connectivity index (χ0v) is 8.81. The topological polar surface area (TPSA) is 76.2 Å². The Labute approximate surface area is 95.7 Å². The molecule has 0 fully saturated rings. The highest BCUT2D eigenvalue weighted by molar-refractivity contribution is 6.31. The molecule has 0 saturated carbocycles. The van der Waals surface area contributed by atoms with Crippen LogP contribution >= 0.6 is 11.6 Å². The Hall–Kier alpha value is -1.88. The van der Waals surface area contributed by atoms with Gasteiger partial charge in [-0.3, -0.25) is 0 Å². The zero-order chi connectivity index (χ0) is 11.5. The maximum absolute atomic E-state index is 10.5. The summed E-state index contributed by atoms with van der Waals surface area (Å²) in [4.78, 5) is 10.5. The monoisotopic (exact) mass is 238 g/mol. The first-order valence-electron chi connectivity index (χ1n) is 4.46. The number of hydrogen-bond donors (Lipinski definition) is 1. The fourth-order valence-corrected chi connectivity index (χ4v) is 1.42. The van der Waals surface area contributed by atoms with E-state index in [1.54, 1.807) is 6.07 Å². The molecular formula is C10H7ClN2O3. The van der Waals surface area contributed by atoms with E-state index in [-0.39, 0.29) is 5.89 Å². The molecule has 2 rings (SSSR count). The lowest BCUT2D eigenvalue weighted by Gasteiger charge is -1.98. The van der Waals surface area contributed by atoms with Gasteiger partial charge in [0.05, 0.1) is 6.42 Å². The maximum atomic E-state index is 10.5. The van der Waals surface area contributed by atoms with Crippen LogP contribution in [0, 0.1) is 0 Å². The van der Waals surface area contributed by atoms with Crippen molar-refractivity contribution in [2.24, 2.45) is 0 Å². The van der Waals surface area contributed by atoms with Crippen LogP contribution in [0.5, 0.6) is 0 Å². The van der Waals surface area contributed by atoms with Crippen LogP contribution in [-0.2, 0) is 6.42 Å². The summed E-state index contributed by atoms with van der Waals surface area (Å²) in [5, 5.41) is 16.2. The third-order valence-electron chi connectivity index (χ3n) is 1.95. The Bertz CT molecular complexity index is 524. The molecule has 1 heterocycles. The number of carboxylic acid groups (broad SMARTS) is 1. The fraction of sp³-hybridized carbons (Fsp3) is 0.100. The number of aromatic carboxylic acids is 1. The van der Waals surface area contributed by atoms with E-state index in [0.29, 0.717) is 11.4 Å². The Morgan fingerprint density at radius 1 is 1.38 bits per heavy atom. The minimum absolute atomic E-state index is 0.227. The molecule has 0 bridgehead atoms. The van der Waals surface area contributed by atoms with Crippen molar-refractivity contribution in [1.29, 1.82) is 0 Å². The molecule has 82 valence electrons. The van der Waals surface area contributed by atoms with Crippen LogP contribution in [0.25, 0.3) is 0 Å². The van der Waals surface area contributed by atoms with Gasteiger partial charge in [0, 0.05) is 5.02 Å².